The van der Waals surface area contributed by atoms with Crippen molar-refractivity contribution in [3.63, 3.8) is 0 Å². The predicted molar refractivity (Wildman–Crippen MR) is 115 cm³/mol. The summed E-state index contributed by atoms with van der Waals surface area (Å²) in [5.41, 5.74) is 6.57. The monoisotopic (exact) mass is 383 g/mol. The average Bonchev–Trinajstić information content (AvgIpc) is 3.23. The van der Waals surface area contributed by atoms with E-state index in [9.17, 15) is 0 Å². The number of hydrogen-bond donors (Lipinski definition) is 0. The molecule has 1 aromatic carbocycles. The van der Waals surface area contributed by atoms with Gasteiger partial charge in [-0.1, -0.05) is 30.7 Å². The molecular weight excluding hydrogens is 358 g/mol. The molecule has 5 rings (SSSR count). The lowest BCUT2D eigenvalue weighted by Gasteiger charge is -2.32. The van der Waals surface area contributed by atoms with Crippen molar-refractivity contribution in [1.29, 1.82) is 0 Å². The van der Waals surface area contributed by atoms with Gasteiger partial charge in [0.05, 0.1) is 6.20 Å². The number of piperidine rings is 1. The van der Waals surface area contributed by atoms with Crippen molar-refractivity contribution in [1.82, 2.24) is 24.5 Å². The van der Waals surface area contributed by atoms with E-state index in [4.69, 9.17) is 4.98 Å². The molecule has 1 fully saturated rings. The van der Waals surface area contributed by atoms with Gasteiger partial charge in [0.25, 0.3) is 0 Å². The molecule has 0 N–H and O–H groups in total. The Balaban J connectivity index is 1.42. The van der Waals surface area contributed by atoms with Crippen LogP contribution in [0.4, 0.5) is 0 Å². The Hall–Kier alpha value is -3.05. The zero-order chi connectivity index (χ0) is 19.6. The molecule has 0 spiro atoms. The standard InChI is InChI=1S/C24H25N5/c1-18(28-13-3-2-4-14-28)19-5-7-21(8-6-19)23-16-27-29-17-22(15-26-24(23)29)20-9-11-25-12-10-20/h5-12,15-18H,2-4,13-14H2,1H3/t18-/m0/s1. The second kappa shape index (κ2) is 7.76. The fourth-order valence-electron chi connectivity index (χ4n) is 4.23. The Labute approximate surface area is 171 Å². The Morgan fingerprint density at radius 2 is 1.59 bits per heavy atom. The van der Waals surface area contributed by atoms with Crippen molar-refractivity contribution in [3.8, 4) is 22.3 Å². The van der Waals surface area contributed by atoms with E-state index in [0.717, 1.165) is 27.9 Å². The molecule has 5 heteroatoms. The molecule has 0 radical (unpaired) electrons. The molecule has 146 valence electrons. The number of rotatable bonds is 4. The van der Waals surface area contributed by atoms with Gasteiger partial charge in [0.1, 0.15) is 0 Å². The predicted octanol–water partition coefficient (Wildman–Crippen LogP) is 5.01. The van der Waals surface area contributed by atoms with Crippen LogP contribution in [0.3, 0.4) is 0 Å². The molecule has 29 heavy (non-hydrogen) atoms. The van der Waals surface area contributed by atoms with Crippen molar-refractivity contribution in [2.75, 3.05) is 13.1 Å². The third-order valence-corrected chi connectivity index (χ3v) is 6.01. The molecule has 1 aliphatic heterocycles. The number of likely N-dealkylation sites (tertiary alicyclic amines) is 1. The highest BCUT2D eigenvalue weighted by Gasteiger charge is 2.18. The molecule has 0 amide bonds. The molecule has 0 unspecified atom stereocenters. The number of pyridine rings is 1. The molecule has 1 atom stereocenters. The third kappa shape index (κ3) is 3.54. The number of fused-ring (bicyclic) bond motifs is 1. The van der Waals surface area contributed by atoms with Crippen molar-refractivity contribution < 1.29 is 0 Å². The largest absolute Gasteiger partial charge is 0.297 e. The Kier molecular flexibility index (Phi) is 4.82. The second-order valence-corrected chi connectivity index (χ2v) is 7.80. The summed E-state index contributed by atoms with van der Waals surface area (Å²) in [6.45, 7) is 4.74. The van der Waals surface area contributed by atoms with Gasteiger partial charge >= 0.3 is 0 Å². The van der Waals surface area contributed by atoms with Crippen LogP contribution in [0.25, 0.3) is 27.9 Å². The summed E-state index contributed by atoms with van der Waals surface area (Å²) in [5, 5.41) is 4.54. The highest BCUT2D eigenvalue weighted by molar-refractivity contribution is 5.78. The fourth-order valence-corrected chi connectivity index (χ4v) is 4.23. The highest BCUT2D eigenvalue weighted by atomic mass is 15.2. The Morgan fingerprint density at radius 1 is 0.828 bits per heavy atom. The molecule has 0 bridgehead atoms. The first kappa shape index (κ1) is 18.0. The second-order valence-electron chi connectivity index (χ2n) is 7.80. The van der Waals surface area contributed by atoms with Crippen LogP contribution in [0.5, 0.6) is 0 Å². The minimum Gasteiger partial charge on any atom is -0.297 e. The number of hydrogen-bond acceptors (Lipinski definition) is 4. The van der Waals surface area contributed by atoms with Crippen LogP contribution in [0.15, 0.2) is 67.4 Å². The van der Waals surface area contributed by atoms with Crippen LogP contribution in [0, 0.1) is 0 Å². The first-order valence-electron chi connectivity index (χ1n) is 10.4. The fraction of sp³-hybridized carbons (Fsp3) is 0.292. The van der Waals surface area contributed by atoms with Gasteiger partial charge in [-0.15, -0.1) is 0 Å². The lowest BCUT2D eigenvalue weighted by atomic mass is 10.0. The van der Waals surface area contributed by atoms with E-state index in [-0.39, 0.29) is 0 Å². The molecule has 0 aliphatic carbocycles. The molecule has 1 aliphatic rings. The van der Waals surface area contributed by atoms with E-state index in [1.165, 1.54) is 37.9 Å². The van der Waals surface area contributed by atoms with Crippen molar-refractivity contribution in [3.05, 3.63) is 72.9 Å². The normalized spacial score (nSPS) is 16.2. The highest BCUT2D eigenvalue weighted by Crippen LogP contribution is 2.29. The van der Waals surface area contributed by atoms with Crippen molar-refractivity contribution in [2.45, 2.75) is 32.2 Å². The quantitative estimate of drug-likeness (QED) is 0.497. The van der Waals surface area contributed by atoms with E-state index < -0.39 is 0 Å². The van der Waals surface area contributed by atoms with E-state index in [0.29, 0.717) is 6.04 Å². The Morgan fingerprint density at radius 3 is 2.34 bits per heavy atom. The van der Waals surface area contributed by atoms with Gasteiger partial charge < -0.3 is 0 Å². The summed E-state index contributed by atoms with van der Waals surface area (Å²) in [7, 11) is 0. The van der Waals surface area contributed by atoms with Gasteiger partial charge in [0, 0.05) is 42.0 Å². The maximum absolute atomic E-state index is 4.70. The molecule has 1 saturated heterocycles. The Bertz CT molecular complexity index is 1100. The smallest absolute Gasteiger partial charge is 0.162 e. The lowest BCUT2D eigenvalue weighted by molar-refractivity contribution is 0.175. The summed E-state index contributed by atoms with van der Waals surface area (Å²) in [4.78, 5) is 11.4. The van der Waals surface area contributed by atoms with Crippen molar-refractivity contribution in [2.24, 2.45) is 0 Å². The topological polar surface area (TPSA) is 46.3 Å². The number of nitrogens with zero attached hydrogens (tertiary/aromatic N) is 5. The minimum atomic E-state index is 0.467. The van der Waals surface area contributed by atoms with Crippen LogP contribution in [0.2, 0.25) is 0 Å². The summed E-state index contributed by atoms with van der Waals surface area (Å²) < 4.78 is 1.86. The van der Waals surface area contributed by atoms with Gasteiger partial charge in [-0.2, -0.15) is 5.10 Å². The summed E-state index contributed by atoms with van der Waals surface area (Å²) >= 11 is 0. The zero-order valence-electron chi connectivity index (χ0n) is 16.7. The molecule has 5 nitrogen and oxygen atoms in total. The summed E-state index contributed by atoms with van der Waals surface area (Å²) in [6, 6.07) is 13.3. The summed E-state index contributed by atoms with van der Waals surface area (Å²) in [5.74, 6) is 0. The molecule has 3 aromatic heterocycles. The van der Waals surface area contributed by atoms with Crippen LogP contribution in [-0.4, -0.2) is 37.6 Å². The number of benzene rings is 1. The maximum Gasteiger partial charge on any atom is 0.162 e. The maximum atomic E-state index is 4.70. The molecule has 4 heterocycles. The molecular formula is C24H25N5. The minimum absolute atomic E-state index is 0.467. The summed E-state index contributed by atoms with van der Waals surface area (Å²) in [6.07, 6.45) is 13.4. The van der Waals surface area contributed by atoms with Crippen LogP contribution in [-0.2, 0) is 0 Å². The van der Waals surface area contributed by atoms with Gasteiger partial charge in [0.2, 0.25) is 0 Å². The van der Waals surface area contributed by atoms with E-state index in [1.54, 1.807) is 12.4 Å². The van der Waals surface area contributed by atoms with Crippen LogP contribution in [0.1, 0.15) is 37.8 Å². The van der Waals surface area contributed by atoms with E-state index >= 15 is 0 Å². The van der Waals surface area contributed by atoms with Gasteiger partial charge in [-0.3, -0.25) is 9.88 Å². The van der Waals surface area contributed by atoms with Crippen molar-refractivity contribution >= 4 is 5.65 Å². The van der Waals surface area contributed by atoms with Crippen LogP contribution >= 0.6 is 0 Å². The van der Waals surface area contributed by atoms with E-state index in [1.807, 2.05) is 35.2 Å². The van der Waals surface area contributed by atoms with E-state index in [2.05, 4.69) is 46.2 Å². The van der Waals surface area contributed by atoms with Gasteiger partial charge in [-0.25, -0.2) is 9.50 Å². The lowest BCUT2D eigenvalue weighted by Crippen LogP contribution is -2.32. The van der Waals surface area contributed by atoms with Crippen LogP contribution < -0.4 is 0 Å². The average molecular weight is 383 g/mol. The first-order chi connectivity index (χ1) is 14.3. The SMILES string of the molecule is C[C@@H](c1ccc(-c2cnn3cc(-c4ccncc4)cnc23)cc1)N1CCCCC1. The molecule has 0 saturated carbocycles. The third-order valence-electron chi connectivity index (χ3n) is 6.01. The first-order valence-corrected chi connectivity index (χ1v) is 10.4. The van der Waals surface area contributed by atoms with Gasteiger partial charge in [0.15, 0.2) is 5.65 Å². The van der Waals surface area contributed by atoms with Gasteiger partial charge in [-0.05, 0) is 61.7 Å². The molecule has 4 aromatic rings. The zero-order valence-corrected chi connectivity index (χ0v) is 16.7. The number of aromatic nitrogens is 4.